The van der Waals surface area contributed by atoms with E-state index in [1.165, 1.54) is 12.8 Å². The van der Waals surface area contributed by atoms with Crippen molar-refractivity contribution in [2.24, 2.45) is 11.8 Å². The molecule has 2 bridgehead atoms. The van der Waals surface area contributed by atoms with E-state index in [2.05, 4.69) is 45.2 Å². The zero-order valence-corrected chi connectivity index (χ0v) is 11.5. The van der Waals surface area contributed by atoms with Gasteiger partial charge in [-0.3, -0.25) is 0 Å². The van der Waals surface area contributed by atoms with Gasteiger partial charge in [0, 0.05) is 13.8 Å². The highest BCUT2D eigenvalue weighted by atomic mass is 127. The highest BCUT2D eigenvalue weighted by Crippen LogP contribution is 2.58. The van der Waals surface area contributed by atoms with Crippen LogP contribution in [0.1, 0.15) is 12.8 Å². The molecule has 5 atom stereocenters. The molecule has 4 heteroatoms. The fourth-order valence-electron chi connectivity index (χ4n) is 3.11. The van der Waals surface area contributed by atoms with Crippen molar-refractivity contribution >= 4 is 45.2 Å². The summed E-state index contributed by atoms with van der Waals surface area (Å²) >= 11 is 5.22. The highest BCUT2D eigenvalue weighted by molar-refractivity contribution is 14.1. The lowest BCUT2D eigenvalue weighted by molar-refractivity contribution is -0.0369. The number of halogens is 2. The SMILES string of the molecule is IC1C2CC(C1I)C1(COCO1)C2. The van der Waals surface area contributed by atoms with Crippen LogP contribution in [0.4, 0.5) is 0 Å². The summed E-state index contributed by atoms with van der Waals surface area (Å²) in [5, 5.41) is 0. The van der Waals surface area contributed by atoms with E-state index in [1.54, 1.807) is 0 Å². The molecule has 2 nitrogen and oxygen atoms in total. The van der Waals surface area contributed by atoms with Gasteiger partial charge in [-0.15, -0.1) is 0 Å². The van der Waals surface area contributed by atoms with Crippen molar-refractivity contribution in [3.05, 3.63) is 0 Å². The van der Waals surface area contributed by atoms with E-state index in [1.807, 2.05) is 0 Å². The minimum Gasteiger partial charge on any atom is -0.352 e. The summed E-state index contributed by atoms with van der Waals surface area (Å²) in [7, 11) is 0. The van der Waals surface area contributed by atoms with Crippen molar-refractivity contribution in [1.82, 2.24) is 0 Å². The van der Waals surface area contributed by atoms with Gasteiger partial charge in [-0.05, 0) is 18.8 Å². The molecule has 3 rings (SSSR count). The van der Waals surface area contributed by atoms with Crippen LogP contribution in [-0.2, 0) is 9.47 Å². The van der Waals surface area contributed by atoms with E-state index < -0.39 is 0 Å². The van der Waals surface area contributed by atoms with Crippen LogP contribution in [0.2, 0.25) is 0 Å². The molecule has 0 aromatic heterocycles. The first-order valence-corrected chi connectivity index (χ1v) is 7.22. The number of alkyl halides is 2. The molecule has 3 fully saturated rings. The number of ether oxygens (including phenoxy) is 2. The Hall–Kier alpha value is 1.38. The Morgan fingerprint density at radius 3 is 2.62 bits per heavy atom. The zero-order chi connectivity index (χ0) is 9.05. The summed E-state index contributed by atoms with van der Waals surface area (Å²) in [6.45, 7) is 1.37. The topological polar surface area (TPSA) is 18.5 Å². The van der Waals surface area contributed by atoms with Gasteiger partial charge in [0.15, 0.2) is 0 Å². The Kier molecular flexibility index (Phi) is 2.35. The fraction of sp³-hybridized carbons (Fsp3) is 1.00. The number of fused-ring (bicyclic) bond motifs is 3. The maximum atomic E-state index is 5.82. The van der Waals surface area contributed by atoms with E-state index in [0.717, 1.165) is 26.3 Å². The fourth-order valence-corrected chi connectivity index (χ4v) is 5.70. The predicted octanol–water partition coefficient (Wildman–Crippen LogP) is 2.38. The number of hydrogen-bond donors (Lipinski definition) is 0. The lowest BCUT2D eigenvalue weighted by atomic mass is 9.85. The molecule has 0 aromatic carbocycles. The summed E-state index contributed by atoms with van der Waals surface area (Å²) < 4.78 is 12.9. The average molecular weight is 406 g/mol. The standard InChI is InChI=1S/C9H12I2O2/c10-7-5-1-6(8(7)11)9(2-5)3-12-4-13-9/h5-8H,1-4H2. The van der Waals surface area contributed by atoms with Crippen LogP contribution in [0.15, 0.2) is 0 Å². The van der Waals surface area contributed by atoms with Crippen molar-refractivity contribution in [3.63, 3.8) is 0 Å². The largest absolute Gasteiger partial charge is 0.352 e. The Labute approximate surface area is 105 Å². The third kappa shape index (κ3) is 1.24. The molecule has 74 valence electrons. The van der Waals surface area contributed by atoms with Crippen molar-refractivity contribution in [3.8, 4) is 0 Å². The van der Waals surface area contributed by atoms with Crippen LogP contribution in [0.25, 0.3) is 0 Å². The third-order valence-corrected chi connectivity index (χ3v) is 8.57. The Morgan fingerprint density at radius 1 is 1.23 bits per heavy atom. The minimum absolute atomic E-state index is 0.123. The lowest BCUT2D eigenvalue weighted by Gasteiger charge is -2.36. The molecule has 2 aliphatic carbocycles. The zero-order valence-electron chi connectivity index (χ0n) is 7.21. The second-order valence-electron chi connectivity index (χ2n) is 4.37. The molecular formula is C9H12I2O2. The van der Waals surface area contributed by atoms with Crippen LogP contribution in [0.3, 0.4) is 0 Å². The van der Waals surface area contributed by atoms with Gasteiger partial charge in [0.05, 0.1) is 12.2 Å². The third-order valence-electron chi connectivity index (χ3n) is 3.76. The Morgan fingerprint density at radius 2 is 2.08 bits per heavy atom. The van der Waals surface area contributed by atoms with Crippen molar-refractivity contribution in [2.75, 3.05) is 13.4 Å². The molecule has 1 heterocycles. The van der Waals surface area contributed by atoms with E-state index >= 15 is 0 Å². The van der Waals surface area contributed by atoms with Crippen molar-refractivity contribution in [2.45, 2.75) is 26.3 Å². The quantitative estimate of drug-likeness (QED) is 0.455. The molecule has 0 aromatic rings. The minimum atomic E-state index is 0.123. The summed E-state index contributed by atoms with van der Waals surface area (Å²) in [4.78, 5) is 0. The molecule has 13 heavy (non-hydrogen) atoms. The van der Waals surface area contributed by atoms with E-state index in [9.17, 15) is 0 Å². The maximum Gasteiger partial charge on any atom is 0.147 e. The molecule has 1 spiro atoms. The van der Waals surface area contributed by atoms with E-state index in [0.29, 0.717) is 6.79 Å². The second kappa shape index (κ2) is 3.18. The predicted molar refractivity (Wildman–Crippen MR) is 66.5 cm³/mol. The Balaban J connectivity index is 1.89. The van der Waals surface area contributed by atoms with Crippen molar-refractivity contribution in [1.29, 1.82) is 0 Å². The first-order chi connectivity index (χ1) is 6.23. The summed E-state index contributed by atoms with van der Waals surface area (Å²) in [5.74, 6) is 1.64. The molecule has 3 aliphatic rings. The molecule has 2 saturated carbocycles. The highest BCUT2D eigenvalue weighted by Gasteiger charge is 2.61. The van der Waals surface area contributed by atoms with Gasteiger partial charge in [-0.25, -0.2) is 0 Å². The van der Waals surface area contributed by atoms with Gasteiger partial charge >= 0.3 is 0 Å². The molecule has 5 unspecified atom stereocenters. The summed E-state index contributed by atoms with van der Waals surface area (Å²) in [5.41, 5.74) is 0.123. The van der Waals surface area contributed by atoms with Crippen molar-refractivity contribution < 1.29 is 9.47 Å². The van der Waals surface area contributed by atoms with Gasteiger partial charge in [0.1, 0.15) is 6.79 Å². The van der Waals surface area contributed by atoms with Crippen LogP contribution in [0, 0.1) is 11.8 Å². The van der Waals surface area contributed by atoms with Crippen LogP contribution in [0.5, 0.6) is 0 Å². The van der Waals surface area contributed by atoms with Gasteiger partial charge < -0.3 is 9.47 Å². The van der Waals surface area contributed by atoms with E-state index in [-0.39, 0.29) is 5.60 Å². The molecule has 1 saturated heterocycles. The second-order valence-corrected chi connectivity index (χ2v) is 7.25. The lowest BCUT2D eigenvalue weighted by Crippen LogP contribution is -2.45. The molecule has 1 aliphatic heterocycles. The normalized spacial score (nSPS) is 59.5. The molecule has 0 N–H and O–H groups in total. The molecular weight excluding hydrogens is 394 g/mol. The maximum absolute atomic E-state index is 5.82. The van der Waals surface area contributed by atoms with Gasteiger partial charge in [0.2, 0.25) is 0 Å². The first-order valence-electron chi connectivity index (χ1n) is 4.73. The first kappa shape index (κ1) is 9.59. The van der Waals surface area contributed by atoms with Gasteiger partial charge in [0.25, 0.3) is 0 Å². The van der Waals surface area contributed by atoms with Gasteiger partial charge in [-0.2, -0.15) is 0 Å². The Bertz CT molecular complexity index is 226. The smallest absolute Gasteiger partial charge is 0.147 e. The van der Waals surface area contributed by atoms with Crippen LogP contribution < -0.4 is 0 Å². The average Bonchev–Trinajstić information content (AvgIpc) is 2.76. The van der Waals surface area contributed by atoms with Gasteiger partial charge in [-0.1, -0.05) is 45.2 Å². The number of rotatable bonds is 0. The van der Waals surface area contributed by atoms with E-state index in [4.69, 9.17) is 9.47 Å². The van der Waals surface area contributed by atoms with Crippen LogP contribution >= 0.6 is 45.2 Å². The number of hydrogen-bond acceptors (Lipinski definition) is 2. The van der Waals surface area contributed by atoms with Crippen LogP contribution in [-0.4, -0.2) is 26.9 Å². The summed E-state index contributed by atoms with van der Waals surface area (Å²) in [6.07, 6.45) is 2.61. The molecule has 0 radical (unpaired) electrons. The monoisotopic (exact) mass is 406 g/mol. The molecule has 0 amide bonds. The summed E-state index contributed by atoms with van der Waals surface area (Å²) in [6, 6.07) is 0.